The highest BCUT2D eigenvalue weighted by atomic mass is 16.2. The molecule has 2 atom stereocenters. The normalized spacial score (nSPS) is 28.2. The molecule has 0 saturated carbocycles. The Morgan fingerprint density at radius 2 is 2.21 bits per heavy atom. The molecule has 0 aromatic carbocycles. The van der Waals surface area contributed by atoms with Gasteiger partial charge < -0.3 is 10.6 Å². The van der Waals surface area contributed by atoms with Gasteiger partial charge in [-0.3, -0.25) is 4.79 Å². The van der Waals surface area contributed by atoms with Gasteiger partial charge in [0.2, 0.25) is 5.91 Å². The number of rotatable bonds is 2. The van der Waals surface area contributed by atoms with Crippen LogP contribution < -0.4 is 5.73 Å². The van der Waals surface area contributed by atoms with Gasteiger partial charge in [0.15, 0.2) is 0 Å². The van der Waals surface area contributed by atoms with E-state index in [1.165, 1.54) is 0 Å². The first-order chi connectivity index (χ1) is 6.50. The zero-order chi connectivity index (χ0) is 10.7. The van der Waals surface area contributed by atoms with E-state index in [1.54, 1.807) is 0 Å². The smallest absolute Gasteiger partial charge is 0.223 e. The van der Waals surface area contributed by atoms with Gasteiger partial charge in [-0.15, -0.1) is 0 Å². The van der Waals surface area contributed by atoms with Crippen molar-refractivity contribution in [1.82, 2.24) is 4.90 Å². The molecule has 3 heteroatoms. The van der Waals surface area contributed by atoms with Crippen molar-refractivity contribution in [2.75, 3.05) is 6.54 Å². The molecular weight excluding hydrogens is 176 g/mol. The van der Waals surface area contributed by atoms with Crippen LogP contribution in [0.1, 0.15) is 40.0 Å². The van der Waals surface area contributed by atoms with E-state index in [-0.39, 0.29) is 6.04 Å². The zero-order valence-electron chi connectivity index (χ0n) is 9.49. The molecular formula is C11H22N2O. The fourth-order valence-corrected chi connectivity index (χ4v) is 2.05. The molecule has 1 fully saturated rings. The predicted molar refractivity (Wildman–Crippen MR) is 57.8 cm³/mol. The Morgan fingerprint density at radius 3 is 2.71 bits per heavy atom. The van der Waals surface area contributed by atoms with E-state index >= 15 is 0 Å². The first-order valence-electron chi connectivity index (χ1n) is 5.55. The number of amides is 1. The first kappa shape index (κ1) is 11.5. The number of nitrogens with two attached hydrogens (primary N) is 1. The maximum atomic E-state index is 11.8. The third-order valence-electron chi connectivity index (χ3n) is 2.82. The quantitative estimate of drug-likeness (QED) is 0.728. The molecule has 14 heavy (non-hydrogen) atoms. The molecule has 1 saturated heterocycles. The van der Waals surface area contributed by atoms with Gasteiger partial charge in [0.05, 0.1) is 0 Å². The van der Waals surface area contributed by atoms with Gasteiger partial charge in [-0.2, -0.15) is 0 Å². The van der Waals surface area contributed by atoms with Gasteiger partial charge in [0, 0.05) is 25.0 Å². The van der Waals surface area contributed by atoms with E-state index in [9.17, 15) is 4.79 Å². The standard InChI is InChI=1S/C11H22N2O/c1-8(2)6-11(14)13-5-4-10(12)7-9(13)3/h8-10H,4-7,12H2,1-3H3. The Hall–Kier alpha value is -0.570. The summed E-state index contributed by atoms with van der Waals surface area (Å²) in [6.07, 6.45) is 2.57. The van der Waals surface area contributed by atoms with Crippen molar-refractivity contribution >= 4 is 5.91 Å². The Bertz CT molecular complexity index is 203. The summed E-state index contributed by atoms with van der Waals surface area (Å²) in [6.45, 7) is 7.10. The molecule has 0 bridgehead atoms. The molecule has 82 valence electrons. The maximum absolute atomic E-state index is 11.8. The molecule has 0 aromatic rings. The molecule has 0 spiro atoms. The number of hydrogen-bond acceptors (Lipinski definition) is 2. The Kier molecular flexibility index (Phi) is 3.93. The molecule has 0 radical (unpaired) electrons. The summed E-state index contributed by atoms with van der Waals surface area (Å²) in [5, 5.41) is 0. The molecule has 2 N–H and O–H groups in total. The Labute approximate surface area is 86.6 Å². The van der Waals surface area contributed by atoms with Crippen LogP contribution in [0.25, 0.3) is 0 Å². The monoisotopic (exact) mass is 198 g/mol. The highest BCUT2D eigenvalue weighted by molar-refractivity contribution is 5.76. The Balaban J connectivity index is 2.47. The van der Waals surface area contributed by atoms with Crippen molar-refractivity contribution in [3.63, 3.8) is 0 Å². The number of nitrogens with zero attached hydrogens (tertiary/aromatic N) is 1. The van der Waals surface area contributed by atoms with Gasteiger partial charge in [0.25, 0.3) is 0 Å². The van der Waals surface area contributed by atoms with E-state index in [0.717, 1.165) is 19.4 Å². The van der Waals surface area contributed by atoms with E-state index in [2.05, 4.69) is 20.8 Å². The summed E-state index contributed by atoms with van der Waals surface area (Å²) < 4.78 is 0. The average molecular weight is 198 g/mol. The second-order valence-corrected chi connectivity index (χ2v) is 4.82. The highest BCUT2D eigenvalue weighted by Gasteiger charge is 2.26. The van der Waals surface area contributed by atoms with E-state index < -0.39 is 0 Å². The lowest BCUT2D eigenvalue weighted by atomic mass is 9.98. The summed E-state index contributed by atoms with van der Waals surface area (Å²) in [5.74, 6) is 0.740. The summed E-state index contributed by atoms with van der Waals surface area (Å²) in [4.78, 5) is 13.8. The molecule has 1 aliphatic rings. The SMILES string of the molecule is CC(C)CC(=O)N1CCC(N)CC1C. The fraction of sp³-hybridized carbons (Fsp3) is 0.909. The summed E-state index contributed by atoms with van der Waals surface area (Å²) >= 11 is 0. The van der Waals surface area contributed by atoms with Crippen LogP contribution in [0.2, 0.25) is 0 Å². The van der Waals surface area contributed by atoms with E-state index in [4.69, 9.17) is 5.73 Å². The molecule has 0 aliphatic carbocycles. The lowest BCUT2D eigenvalue weighted by Crippen LogP contribution is -2.48. The number of piperidine rings is 1. The topological polar surface area (TPSA) is 46.3 Å². The Morgan fingerprint density at radius 1 is 1.57 bits per heavy atom. The van der Waals surface area contributed by atoms with Crippen molar-refractivity contribution in [2.45, 2.75) is 52.1 Å². The predicted octanol–water partition coefficient (Wildman–Crippen LogP) is 1.37. The van der Waals surface area contributed by atoms with Gasteiger partial charge >= 0.3 is 0 Å². The van der Waals surface area contributed by atoms with Crippen molar-refractivity contribution in [1.29, 1.82) is 0 Å². The summed E-state index contributed by atoms with van der Waals surface area (Å²) in [7, 11) is 0. The van der Waals surface area contributed by atoms with Gasteiger partial charge in [0.1, 0.15) is 0 Å². The fourth-order valence-electron chi connectivity index (χ4n) is 2.05. The molecule has 3 nitrogen and oxygen atoms in total. The lowest BCUT2D eigenvalue weighted by molar-refractivity contribution is -0.135. The summed E-state index contributed by atoms with van der Waals surface area (Å²) in [5.41, 5.74) is 5.85. The van der Waals surface area contributed by atoms with Crippen molar-refractivity contribution in [2.24, 2.45) is 11.7 Å². The minimum absolute atomic E-state index is 0.285. The van der Waals surface area contributed by atoms with Gasteiger partial charge in [-0.05, 0) is 25.7 Å². The first-order valence-corrected chi connectivity index (χ1v) is 5.55. The number of hydrogen-bond donors (Lipinski definition) is 1. The van der Waals surface area contributed by atoms with Crippen LogP contribution in [0.3, 0.4) is 0 Å². The summed E-state index contributed by atoms with van der Waals surface area (Å²) in [6, 6.07) is 0.609. The third-order valence-corrected chi connectivity index (χ3v) is 2.82. The van der Waals surface area contributed by atoms with E-state index in [1.807, 2.05) is 4.90 Å². The second kappa shape index (κ2) is 4.78. The van der Waals surface area contributed by atoms with Crippen LogP contribution in [0.4, 0.5) is 0 Å². The van der Waals surface area contributed by atoms with Crippen molar-refractivity contribution in [3.8, 4) is 0 Å². The van der Waals surface area contributed by atoms with Gasteiger partial charge in [-0.25, -0.2) is 0 Å². The average Bonchev–Trinajstić information content (AvgIpc) is 2.01. The lowest BCUT2D eigenvalue weighted by Gasteiger charge is -2.36. The maximum Gasteiger partial charge on any atom is 0.223 e. The number of likely N-dealkylation sites (tertiary alicyclic amines) is 1. The van der Waals surface area contributed by atoms with E-state index in [0.29, 0.717) is 24.3 Å². The largest absolute Gasteiger partial charge is 0.340 e. The molecule has 1 aliphatic heterocycles. The molecule has 1 rings (SSSR count). The molecule has 1 heterocycles. The minimum Gasteiger partial charge on any atom is -0.340 e. The zero-order valence-corrected chi connectivity index (χ0v) is 9.49. The van der Waals surface area contributed by atoms with Crippen LogP contribution in [0.15, 0.2) is 0 Å². The van der Waals surface area contributed by atoms with Crippen LogP contribution >= 0.6 is 0 Å². The molecule has 2 unspecified atom stereocenters. The van der Waals surface area contributed by atoms with Crippen LogP contribution in [0, 0.1) is 5.92 Å². The molecule has 0 aromatic heterocycles. The second-order valence-electron chi connectivity index (χ2n) is 4.82. The van der Waals surface area contributed by atoms with Crippen molar-refractivity contribution < 1.29 is 4.79 Å². The minimum atomic E-state index is 0.285. The van der Waals surface area contributed by atoms with Crippen molar-refractivity contribution in [3.05, 3.63) is 0 Å². The number of carbonyl (C=O) groups is 1. The van der Waals surface area contributed by atoms with Gasteiger partial charge in [-0.1, -0.05) is 13.8 Å². The molecule has 1 amide bonds. The highest BCUT2D eigenvalue weighted by Crippen LogP contribution is 2.18. The van der Waals surface area contributed by atoms with Crippen LogP contribution in [0.5, 0.6) is 0 Å². The van der Waals surface area contributed by atoms with Crippen LogP contribution in [-0.2, 0) is 4.79 Å². The van der Waals surface area contributed by atoms with Crippen LogP contribution in [-0.4, -0.2) is 29.4 Å². The third kappa shape index (κ3) is 2.98. The number of carbonyl (C=O) groups excluding carboxylic acids is 1.